The zero-order chi connectivity index (χ0) is 29.3. The fourth-order valence-electron chi connectivity index (χ4n) is 5.91. The number of amides is 1. The van der Waals surface area contributed by atoms with Gasteiger partial charge < -0.3 is 30.7 Å². The van der Waals surface area contributed by atoms with Crippen LogP contribution in [0.25, 0.3) is 0 Å². The predicted molar refractivity (Wildman–Crippen MR) is 162 cm³/mol. The fourth-order valence-corrected chi connectivity index (χ4v) is 5.91. The molecule has 5 rings (SSSR count). The Morgan fingerprint density at radius 2 is 1.67 bits per heavy atom. The number of carbonyl (C=O) groups is 1. The summed E-state index contributed by atoms with van der Waals surface area (Å²) in [5, 5.41) is 24.9. The first-order valence-electron chi connectivity index (χ1n) is 15.0. The van der Waals surface area contributed by atoms with Gasteiger partial charge in [0.1, 0.15) is 12.4 Å². The third-order valence-electron chi connectivity index (χ3n) is 8.39. The molecule has 0 bridgehead atoms. The second kappa shape index (κ2) is 14.8. The van der Waals surface area contributed by atoms with Gasteiger partial charge in [-0.15, -0.1) is 0 Å². The van der Waals surface area contributed by atoms with E-state index in [1.165, 1.54) is 0 Å². The molecule has 8 nitrogen and oxygen atoms in total. The lowest BCUT2D eigenvalue weighted by Gasteiger charge is -2.27. The summed E-state index contributed by atoms with van der Waals surface area (Å²) in [7, 11) is 0. The van der Waals surface area contributed by atoms with Crippen molar-refractivity contribution in [1.29, 1.82) is 0 Å². The average molecular weight is 574 g/mol. The summed E-state index contributed by atoms with van der Waals surface area (Å²) in [6.45, 7) is 4.83. The van der Waals surface area contributed by atoms with Gasteiger partial charge in [-0.1, -0.05) is 66.7 Å². The molecule has 1 saturated heterocycles. The molecule has 1 fully saturated rings. The van der Waals surface area contributed by atoms with Crippen LogP contribution < -0.4 is 15.8 Å². The molecular weight excluding hydrogens is 530 g/mol. The number of morpholine rings is 1. The van der Waals surface area contributed by atoms with Crippen molar-refractivity contribution in [2.75, 3.05) is 39.5 Å². The van der Waals surface area contributed by atoms with E-state index in [9.17, 15) is 15.0 Å². The number of nitrogens with zero attached hydrogens (tertiary/aromatic N) is 1. The van der Waals surface area contributed by atoms with Crippen molar-refractivity contribution in [3.8, 4) is 5.75 Å². The van der Waals surface area contributed by atoms with Gasteiger partial charge in [0.2, 0.25) is 5.91 Å². The predicted octanol–water partition coefficient (Wildman–Crippen LogP) is 2.65. The molecule has 3 aromatic rings. The van der Waals surface area contributed by atoms with Crippen molar-refractivity contribution in [1.82, 2.24) is 10.2 Å². The number of carbonyl (C=O) groups excluding carboxylic acids is 1. The molecule has 8 heteroatoms. The first-order valence-corrected chi connectivity index (χ1v) is 15.0. The van der Waals surface area contributed by atoms with Crippen LogP contribution in [0.1, 0.15) is 34.7 Å². The molecule has 0 spiro atoms. The second-order valence-corrected chi connectivity index (χ2v) is 11.5. The lowest BCUT2D eigenvalue weighted by molar-refractivity contribution is -0.127. The number of fused-ring (bicyclic) bond motifs is 1. The van der Waals surface area contributed by atoms with Gasteiger partial charge in [-0.25, -0.2) is 0 Å². The van der Waals surface area contributed by atoms with Crippen LogP contribution in [0.4, 0.5) is 0 Å². The Morgan fingerprint density at radius 1 is 0.976 bits per heavy atom. The largest absolute Gasteiger partial charge is 0.492 e. The zero-order valence-electron chi connectivity index (χ0n) is 24.1. The summed E-state index contributed by atoms with van der Waals surface area (Å²) >= 11 is 0. The minimum Gasteiger partial charge on any atom is -0.492 e. The number of benzene rings is 3. The van der Waals surface area contributed by atoms with Gasteiger partial charge in [-0.05, 0) is 53.6 Å². The Hall–Kier alpha value is -3.27. The van der Waals surface area contributed by atoms with Gasteiger partial charge in [0.05, 0.1) is 31.5 Å². The van der Waals surface area contributed by atoms with Gasteiger partial charge >= 0.3 is 0 Å². The lowest BCUT2D eigenvalue weighted by Crippen LogP contribution is -2.43. The van der Waals surface area contributed by atoms with Crippen molar-refractivity contribution < 1.29 is 24.5 Å². The van der Waals surface area contributed by atoms with Crippen LogP contribution in [0.2, 0.25) is 0 Å². The van der Waals surface area contributed by atoms with Gasteiger partial charge in [0.15, 0.2) is 0 Å². The van der Waals surface area contributed by atoms with E-state index in [1.807, 2.05) is 78.9 Å². The zero-order valence-corrected chi connectivity index (χ0v) is 24.1. The van der Waals surface area contributed by atoms with E-state index in [0.717, 1.165) is 60.9 Å². The van der Waals surface area contributed by atoms with Gasteiger partial charge in [0, 0.05) is 38.0 Å². The number of aliphatic hydroxyl groups excluding tert-OH is 2. The van der Waals surface area contributed by atoms with E-state index < -0.39 is 30.2 Å². The molecule has 0 aromatic heterocycles. The van der Waals surface area contributed by atoms with Crippen LogP contribution >= 0.6 is 0 Å². The van der Waals surface area contributed by atoms with Gasteiger partial charge in [0.25, 0.3) is 0 Å². The molecule has 1 aliphatic heterocycles. The van der Waals surface area contributed by atoms with E-state index in [2.05, 4.69) is 10.2 Å². The van der Waals surface area contributed by atoms with E-state index in [-0.39, 0.29) is 12.3 Å². The lowest BCUT2D eigenvalue weighted by atomic mass is 9.88. The molecule has 224 valence electrons. The third kappa shape index (κ3) is 8.18. The summed E-state index contributed by atoms with van der Waals surface area (Å²) < 4.78 is 11.4. The Morgan fingerprint density at radius 3 is 2.43 bits per heavy atom. The Kier molecular flexibility index (Phi) is 10.6. The van der Waals surface area contributed by atoms with Crippen LogP contribution in [0, 0.1) is 5.92 Å². The summed E-state index contributed by atoms with van der Waals surface area (Å²) in [5.41, 5.74) is 10.4. The average Bonchev–Trinajstić information content (AvgIpc) is 3.33. The van der Waals surface area contributed by atoms with Crippen molar-refractivity contribution >= 4 is 5.91 Å². The number of ether oxygens (including phenoxy) is 2. The maximum Gasteiger partial charge on any atom is 0.224 e. The molecule has 3 aromatic carbocycles. The quantitative estimate of drug-likeness (QED) is 0.248. The first-order chi connectivity index (χ1) is 20.5. The molecule has 0 saturated carbocycles. The highest BCUT2D eigenvalue weighted by Crippen LogP contribution is 2.32. The fraction of sp³-hybridized carbons (Fsp3) is 0.441. The van der Waals surface area contributed by atoms with Crippen LogP contribution in [-0.2, 0) is 28.8 Å². The van der Waals surface area contributed by atoms with Crippen LogP contribution in [0.3, 0.4) is 0 Å². The summed E-state index contributed by atoms with van der Waals surface area (Å²) in [6, 6.07) is 24.4. The van der Waals surface area contributed by atoms with Crippen molar-refractivity contribution in [3.05, 3.63) is 101 Å². The van der Waals surface area contributed by atoms with Gasteiger partial charge in [-0.2, -0.15) is 0 Å². The number of hydrogen-bond acceptors (Lipinski definition) is 7. The van der Waals surface area contributed by atoms with Crippen molar-refractivity contribution in [2.24, 2.45) is 11.7 Å². The SMILES string of the molecule is N[C@@H](Cc1ccccc1)[C@@H](O)C[C@@H](Cc1ccc(OCCN2CCOCC2)cc1)C(=O)N[C@H]1c2ccccc2C[C@H]1O. The highest BCUT2D eigenvalue weighted by atomic mass is 16.5. The van der Waals surface area contributed by atoms with Crippen molar-refractivity contribution in [2.45, 2.75) is 50.0 Å². The normalized spacial score (nSPS) is 20.8. The monoisotopic (exact) mass is 573 g/mol. The molecular formula is C34H43N3O5. The topological polar surface area (TPSA) is 117 Å². The van der Waals surface area contributed by atoms with Gasteiger partial charge in [-0.3, -0.25) is 9.69 Å². The third-order valence-corrected chi connectivity index (χ3v) is 8.39. The van der Waals surface area contributed by atoms with E-state index >= 15 is 0 Å². The minimum atomic E-state index is -0.871. The molecule has 0 radical (unpaired) electrons. The van der Waals surface area contributed by atoms with E-state index in [0.29, 0.717) is 25.9 Å². The van der Waals surface area contributed by atoms with Crippen LogP contribution in [0.15, 0.2) is 78.9 Å². The van der Waals surface area contributed by atoms with Crippen LogP contribution in [-0.4, -0.2) is 78.7 Å². The minimum absolute atomic E-state index is 0.201. The highest BCUT2D eigenvalue weighted by molar-refractivity contribution is 5.80. The first kappa shape index (κ1) is 30.2. The highest BCUT2D eigenvalue weighted by Gasteiger charge is 2.34. The van der Waals surface area contributed by atoms with Crippen molar-refractivity contribution in [3.63, 3.8) is 0 Å². The Balaban J connectivity index is 1.23. The van der Waals surface area contributed by atoms with E-state index in [1.54, 1.807) is 0 Å². The molecule has 42 heavy (non-hydrogen) atoms. The maximum atomic E-state index is 13.7. The Labute approximate surface area is 248 Å². The number of nitrogens with one attached hydrogen (secondary N) is 1. The van der Waals surface area contributed by atoms with Crippen LogP contribution in [0.5, 0.6) is 5.75 Å². The second-order valence-electron chi connectivity index (χ2n) is 11.5. The number of aliphatic hydroxyl groups is 2. The molecule has 1 heterocycles. The summed E-state index contributed by atoms with van der Waals surface area (Å²) in [6.07, 6.45) is 0.0997. The Bertz CT molecular complexity index is 1270. The summed E-state index contributed by atoms with van der Waals surface area (Å²) in [5.74, 6) is 0.0473. The maximum absolute atomic E-state index is 13.7. The number of rotatable bonds is 13. The molecule has 5 atom stereocenters. The molecule has 1 amide bonds. The molecule has 2 aliphatic rings. The standard InChI is InChI=1S/C34H43N3O5/c35-30(21-24-6-2-1-3-7-24)31(38)23-27(34(40)36-33-29-9-5-4-8-26(29)22-32(33)39)20-25-10-12-28(13-11-25)42-19-16-37-14-17-41-18-15-37/h1-13,27,30-33,38-39H,14-23,35H2,(H,36,40)/t27-,30+,31+,32-,33+/m1/s1. The summed E-state index contributed by atoms with van der Waals surface area (Å²) in [4.78, 5) is 16.0. The van der Waals surface area contributed by atoms with E-state index in [4.69, 9.17) is 15.2 Å². The molecule has 0 unspecified atom stereocenters. The number of nitrogens with two attached hydrogens (primary N) is 1. The molecule has 5 N–H and O–H groups in total. The number of hydrogen-bond donors (Lipinski definition) is 4. The smallest absolute Gasteiger partial charge is 0.224 e. The molecule has 1 aliphatic carbocycles.